The van der Waals surface area contributed by atoms with Crippen LogP contribution in [0.5, 0.6) is 5.75 Å². The summed E-state index contributed by atoms with van der Waals surface area (Å²) in [6, 6.07) is 11.9. The summed E-state index contributed by atoms with van der Waals surface area (Å²) in [7, 11) is 0. The highest BCUT2D eigenvalue weighted by atomic mass is 19.1. The van der Waals surface area contributed by atoms with Crippen molar-refractivity contribution in [2.45, 2.75) is 25.8 Å². The summed E-state index contributed by atoms with van der Waals surface area (Å²) in [6.45, 7) is 2.41. The van der Waals surface area contributed by atoms with Gasteiger partial charge in [0.2, 0.25) is 5.91 Å². The van der Waals surface area contributed by atoms with Gasteiger partial charge in [-0.2, -0.15) is 0 Å². The molecule has 4 nitrogen and oxygen atoms in total. The van der Waals surface area contributed by atoms with Gasteiger partial charge >= 0.3 is 0 Å². The summed E-state index contributed by atoms with van der Waals surface area (Å²) in [6.07, 6.45) is 0.878. The molecule has 2 atom stereocenters. The van der Waals surface area contributed by atoms with Crippen LogP contribution in [0, 0.1) is 17.6 Å². The highest BCUT2D eigenvalue weighted by Crippen LogP contribution is 2.24. The van der Waals surface area contributed by atoms with Crippen LogP contribution >= 0.6 is 0 Å². The van der Waals surface area contributed by atoms with Gasteiger partial charge in [-0.15, -0.1) is 0 Å². The number of hydrogen-bond donors (Lipinski definition) is 1. The van der Waals surface area contributed by atoms with E-state index in [1.54, 1.807) is 11.8 Å². The summed E-state index contributed by atoms with van der Waals surface area (Å²) in [4.78, 5) is 14.5. The quantitative estimate of drug-likeness (QED) is 0.889. The lowest BCUT2D eigenvalue weighted by molar-refractivity contribution is -0.137. The topological polar surface area (TPSA) is 49.8 Å². The second kappa shape index (κ2) is 7.83. The standard InChI is InChI=1S/C20H21F2NO3/c1-13(7-15-9-17(21)19(24)18(22)10-15)20(25)23-12-26-11-16(23)8-14-5-3-2-4-6-14/h2-6,9-10,13,16,24H,7-8,11-12H2,1H3/t13-,16+/m0/s1. The predicted octanol–water partition coefficient (Wildman–Crippen LogP) is 3.28. The molecule has 1 aliphatic heterocycles. The van der Waals surface area contributed by atoms with Gasteiger partial charge in [0.15, 0.2) is 17.4 Å². The van der Waals surface area contributed by atoms with Crippen LogP contribution in [0.3, 0.4) is 0 Å². The molecule has 138 valence electrons. The Hall–Kier alpha value is -2.47. The lowest BCUT2D eigenvalue weighted by atomic mass is 9.98. The second-order valence-electron chi connectivity index (χ2n) is 6.66. The number of aromatic hydroxyl groups is 1. The van der Waals surface area contributed by atoms with Crippen molar-refractivity contribution >= 4 is 5.91 Å². The van der Waals surface area contributed by atoms with Crippen LogP contribution in [0.4, 0.5) is 8.78 Å². The summed E-state index contributed by atoms with van der Waals surface area (Å²) in [5.74, 6) is -3.61. The van der Waals surface area contributed by atoms with E-state index in [9.17, 15) is 18.7 Å². The lowest BCUT2D eigenvalue weighted by Crippen LogP contribution is -2.41. The van der Waals surface area contributed by atoms with Gasteiger partial charge in [-0.25, -0.2) is 8.78 Å². The van der Waals surface area contributed by atoms with Crippen LogP contribution in [0.15, 0.2) is 42.5 Å². The molecule has 1 aliphatic rings. The molecule has 0 spiro atoms. The van der Waals surface area contributed by atoms with E-state index in [0.29, 0.717) is 18.6 Å². The monoisotopic (exact) mass is 361 g/mol. The molecule has 26 heavy (non-hydrogen) atoms. The Kier molecular flexibility index (Phi) is 5.52. The van der Waals surface area contributed by atoms with Crippen LogP contribution in [-0.2, 0) is 22.4 Å². The van der Waals surface area contributed by atoms with Crippen molar-refractivity contribution in [3.63, 3.8) is 0 Å². The third-order valence-corrected chi connectivity index (χ3v) is 4.62. The molecule has 2 aromatic rings. The lowest BCUT2D eigenvalue weighted by Gasteiger charge is -2.26. The fraction of sp³-hybridized carbons (Fsp3) is 0.350. The van der Waals surface area contributed by atoms with Gasteiger partial charge in [-0.1, -0.05) is 37.3 Å². The van der Waals surface area contributed by atoms with Crippen LogP contribution < -0.4 is 0 Å². The first kappa shape index (κ1) is 18.3. The first-order valence-corrected chi connectivity index (χ1v) is 8.54. The first-order valence-electron chi connectivity index (χ1n) is 8.54. The van der Waals surface area contributed by atoms with Crippen molar-refractivity contribution in [1.82, 2.24) is 4.90 Å². The zero-order chi connectivity index (χ0) is 18.7. The van der Waals surface area contributed by atoms with Crippen LogP contribution in [0.1, 0.15) is 18.1 Å². The summed E-state index contributed by atoms with van der Waals surface area (Å²) in [5, 5.41) is 9.18. The SMILES string of the molecule is C[C@@H](Cc1cc(F)c(O)c(F)c1)C(=O)N1COC[C@H]1Cc1ccccc1. The molecule has 0 unspecified atom stereocenters. The second-order valence-corrected chi connectivity index (χ2v) is 6.66. The number of halogens is 2. The number of rotatable bonds is 5. The van der Waals surface area contributed by atoms with Gasteiger partial charge in [0.05, 0.1) is 12.6 Å². The normalized spacial score (nSPS) is 18.1. The molecule has 1 N–H and O–H groups in total. The van der Waals surface area contributed by atoms with E-state index in [1.165, 1.54) is 0 Å². The maximum absolute atomic E-state index is 13.5. The van der Waals surface area contributed by atoms with Gasteiger partial charge in [0.25, 0.3) is 0 Å². The summed E-state index contributed by atoms with van der Waals surface area (Å²) < 4.78 is 32.5. The van der Waals surface area contributed by atoms with E-state index in [0.717, 1.165) is 17.7 Å². The number of phenols is 1. The Morgan fingerprint density at radius 1 is 1.23 bits per heavy atom. The Morgan fingerprint density at radius 2 is 1.88 bits per heavy atom. The van der Waals surface area contributed by atoms with Crippen LogP contribution in [-0.4, -0.2) is 35.3 Å². The van der Waals surface area contributed by atoms with Gasteiger partial charge < -0.3 is 14.7 Å². The molecular weight excluding hydrogens is 340 g/mol. The largest absolute Gasteiger partial charge is 0.503 e. The number of phenolic OH excluding ortho intramolecular Hbond substituents is 1. The van der Waals surface area contributed by atoms with Crippen molar-refractivity contribution in [2.24, 2.45) is 5.92 Å². The summed E-state index contributed by atoms with van der Waals surface area (Å²) in [5.41, 5.74) is 1.45. The fourth-order valence-corrected chi connectivity index (χ4v) is 3.24. The molecule has 1 fully saturated rings. The highest BCUT2D eigenvalue weighted by molar-refractivity contribution is 5.79. The molecule has 0 aromatic heterocycles. The average Bonchev–Trinajstić information content (AvgIpc) is 3.07. The van der Waals surface area contributed by atoms with E-state index in [2.05, 4.69) is 0 Å². The van der Waals surface area contributed by atoms with Crippen molar-refractivity contribution in [3.8, 4) is 5.75 Å². The molecule has 1 heterocycles. The zero-order valence-electron chi connectivity index (χ0n) is 14.5. The number of nitrogens with zero attached hydrogens (tertiary/aromatic N) is 1. The molecule has 0 radical (unpaired) electrons. The maximum Gasteiger partial charge on any atom is 0.227 e. The van der Waals surface area contributed by atoms with E-state index in [1.807, 2.05) is 30.3 Å². The number of carbonyl (C=O) groups is 1. The van der Waals surface area contributed by atoms with Crippen molar-refractivity contribution in [3.05, 3.63) is 65.2 Å². The fourth-order valence-electron chi connectivity index (χ4n) is 3.24. The number of hydrogen-bond acceptors (Lipinski definition) is 3. The minimum atomic E-state index is -1.02. The Bertz CT molecular complexity index is 759. The number of ether oxygens (including phenoxy) is 1. The van der Waals surface area contributed by atoms with Gasteiger partial charge in [0, 0.05) is 5.92 Å². The van der Waals surface area contributed by atoms with Gasteiger partial charge in [-0.05, 0) is 36.1 Å². The number of carbonyl (C=O) groups excluding carboxylic acids is 1. The summed E-state index contributed by atoms with van der Waals surface area (Å²) >= 11 is 0. The first-order chi connectivity index (χ1) is 12.5. The van der Waals surface area contributed by atoms with E-state index in [4.69, 9.17) is 4.74 Å². The molecular formula is C20H21F2NO3. The Balaban J connectivity index is 1.67. The molecule has 3 rings (SSSR count). The predicted molar refractivity (Wildman–Crippen MR) is 92.5 cm³/mol. The molecule has 2 aromatic carbocycles. The molecule has 1 saturated heterocycles. The molecule has 1 amide bonds. The third-order valence-electron chi connectivity index (χ3n) is 4.62. The molecule has 0 bridgehead atoms. The Morgan fingerprint density at radius 3 is 2.54 bits per heavy atom. The Labute approximate surface area is 151 Å². The molecule has 6 heteroatoms. The van der Waals surface area contributed by atoms with Crippen LogP contribution in [0.25, 0.3) is 0 Å². The molecule has 0 aliphatic carbocycles. The van der Waals surface area contributed by atoms with Crippen molar-refractivity contribution < 1.29 is 23.4 Å². The minimum absolute atomic E-state index is 0.0550. The highest BCUT2D eigenvalue weighted by Gasteiger charge is 2.32. The van der Waals surface area contributed by atoms with E-state index in [-0.39, 0.29) is 25.1 Å². The zero-order valence-corrected chi connectivity index (χ0v) is 14.5. The smallest absolute Gasteiger partial charge is 0.227 e. The van der Waals surface area contributed by atoms with E-state index >= 15 is 0 Å². The maximum atomic E-state index is 13.5. The minimum Gasteiger partial charge on any atom is -0.503 e. The number of benzene rings is 2. The molecule has 0 saturated carbocycles. The van der Waals surface area contributed by atoms with E-state index < -0.39 is 23.3 Å². The number of amides is 1. The van der Waals surface area contributed by atoms with Crippen molar-refractivity contribution in [1.29, 1.82) is 0 Å². The van der Waals surface area contributed by atoms with Gasteiger partial charge in [0.1, 0.15) is 6.73 Å². The van der Waals surface area contributed by atoms with Gasteiger partial charge in [-0.3, -0.25) is 4.79 Å². The third kappa shape index (κ3) is 4.02. The van der Waals surface area contributed by atoms with Crippen molar-refractivity contribution in [2.75, 3.05) is 13.3 Å². The average molecular weight is 361 g/mol. The van der Waals surface area contributed by atoms with Crippen LogP contribution in [0.2, 0.25) is 0 Å².